The molecule has 0 amide bonds. The third-order valence-electron chi connectivity index (χ3n) is 0.998. The molecule has 3 unspecified atom stereocenters. The standard InChI is InChI=1S/C5H4F8O/c6-1(2(7)8)3(9)14-4(10)5(11,12)13/h1-4H. The van der Waals surface area contributed by atoms with Gasteiger partial charge >= 0.3 is 6.18 Å². The molecular weight excluding hydrogens is 228 g/mol. The lowest BCUT2D eigenvalue weighted by molar-refractivity contribution is -0.303. The van der Waals surface area contributed by atoms with Crippen LogP contribution in [0, 0.1) is 0 Å². The van der Waals surface area contributed by atoms with Gasteiger partial charge in [0.15, 0.2) is 0 Å². The SMILES string of the molecule is FC(F)C(F)C(F)OC(F)C(F)(F)F. The molecule has 0 saturated carbocycles. The van der Waals surface area contributed by atoms with E-state index in [1.54, 1.807) is 0 Å². The lowest BCUT2D eigenvalue weighted by atomic mass is 10.4. The maximum absolute atomic E-state index is 12.0. The Morgan fingerprint density at radius 3 is 1.57 bits per heavy atom. The van der Waals surface area contributed by atoms with Crippen molar-refractivity contribution in [1.29, 1.82) is 0 Å². The van der Waals surface area contributed by atoms with Crippen molar-refractivity contribution in [3.63, 3.8) is 0 Å². The molecule has 0 aliphatic rings. The highest BCUT2D eigenvalue weighted by Gasteiger charge is 2.45. The van der Waals surface area contributed by atoms with Gasteiger partial charge in [-0.2, -0.15) is 13.2 Å². The van der Waals surface area contributed by atoms with Crippen molar-refractivity contribution in [1.82, 2.24) is 0 Å². The smallest absolute Gasteiger partial charge is 0.303 e. The molecule has 0 aromatic rings. The molecule has 0 aromatic carbocycles. The second-order valence-electron chi connectivity index (χ2n) is 2.12. The van der Waals surface area contributed by atoms with Crippen molar-refractivity contribution in [2.45, 2.75) is 31.5 Å². The van der Waals surface area contributed by atoms with Gasteiger partial charge in [-0.1, -0.05) is 0 Å². The first kappa shape index (κ1) is 13.4. The van der Waals surface area contributed by atoms with Crippen LogP contribution in [-0.2, 0) is 4.74 Å². The van der Waals surface area contributed by atoms with Gasteiger partial charge in [0.25, 0.3) is 12.8 Å². The third kappa shape index (κ3) is 4.07. The summed E-state index contributed by atoms with van der Waals surface area (Å²) in [5.41, 5.74) is 0. The minimum absolute atomic E-state index is 2.72. The molecule has 0 aliphatic carbocycles. The summed E-state index contributed by atoms with van der Waals surface area (Å²) in [5.74, 6) is 0. The van der Waals surface area contributed by atoms with Gasteiger partial charge in [0.1, 0.15) is 0 Å². The average Bonchev–Trinajstić information content (AvgIpc) is 2.00. The summed E-state index contributed by atoms with van der Waals surface area (Å²) in [6.45, 7) is 0. The Morgan fingerprint density at radius 2 is 1.29 bits per heavy atom. The van der Waals surface area contributed by atoms with E-state index in [2.05, 4.69) is 4.74 Å². The van der Waals surface area contributed by atoms with Crippen molar-refractivity contribution in [3.05, 3.63) is 0 Å². The van der Waals surface area contributed by atoms with Crippen molar-refractivity contribution in [3.8, 4) is 0 Å². The first-order chi connectivity index (χ1) is 6.16. The summed E-state index contributed by atoms with van der Waals surface area (Å²) in [7, 11) is 0. The van der Waals surface area contributed by atoms with Crippen LogP contribution in [0.1, 0.15) is 0 Å². The molecule has 0 rings (SSSR count). The van der Waals surface area contributed by atoms with Crippen LogP contribution >= 0.6 is 0 Å². The Kier molecular flexibility index (Phi) is 4.56. The maximum atomic E-state index is 12.0. The lowest BCUT2D eigenvalue weighted by Gasteiger charge is -2.17. The molecule has 86 valence electrons. The molecule has 1 nitrogen and oxygen atoms in total. The summed E-state index contributed by atoms with van der Waals surface area (Å²) in [4.78, 5) is 0. The quantitative estimate of drug-likeness (QED) is 0.677. The molecule has 0 spiro atoms. The first-order valence-corrected chi connectivity index (χ1v) is 3.08. The zero-order valence-corrected chi connectivity index (χ0v) is 6.24. The second-order valence-corrected chi connectivity index (χ2v) is 2.12. The Labute approximate surface area is 72.6 Å². The van der Waals surface area contributed by atoms with Crippen LogP contribution in [-0.4, -0.2) is 31.5 Å². The van der Waals surface area contributed by atoms with Gasteiger partial charge in [0.05, 0.1) is 0 Å². The largest absolute Gasteiger partial charge is 0.445 e. The monoisotopic (exact) mass is 232 g/mol. The average molecular weight is 232 g/mol. The molecule has 14 heavy (non-hydrogen) atoms. The number of hydrogen-bond acceptors (Lipinski definition) is 1. The summed E-state index contributed by atoms with van der Waals surface area (Å²) < 4.78 is 95.0. The van der Waals surface area contributed by atoms with E-state index in [9.17, 15) is 35.1 Å². The number of hydrogen-bond donors (Lipinski definition) is 0. The Balaban J connectivity index is 4.12. The number of alkyl halides is 8. The van der Waals surface area contributed by atoms with Crippen molar-refractivity contribution >= 4 is 0 Å². The second kappa shape index (κ2) is 4.76. The summed E-state index contributed by atoms with van der Waals surface area (Å²) >= 11 is 0. The van der Waals surface area contributed by atoms with Crippen LogP contribution in [0.25, 0.3) is 0 Å². The minimum atomic E-state index is -5.58. The zero-order valence-electron chi connectivity index (χ0n) is 6.24. The van der Waals surface area contributed by atoms with Gasteiger partial charge in [0, 0.05) is 0 Å². The highest BCUT2D eigenvalue weighted by Crippen LogP contribution is 2.27. The zero-order chi connectivity index (χ0) is 11.5. The number of rotatable bonds is 4. The predicted molar refractivity (Wildman–Crippen MR) is 27.8 cm³/mol. The normalized spacial score (nSPS) is 19.5. The van der Waals surface area contributed by atoms with Crippen molar-refractivity contribution in [2.75, 3.05) is 0 Å². The molecule has 0 heterocycles. The van der Waals surface area contributed by atoms with E-state index >= 15 is 0 Å². The van der Waals surface area contributed by atoms with E-state index in [1.165, 1.54) is 0 Å². The fourth-order valence-corrected chi connectivity index (χ4v) is 0.381. The Hall–Kier alpha value is -0.600. The van der Waals surface area contributed by atoms with E-state index in [4.69, 9.17) is 0 Å². The fraction of sp³-hybridized carbons (Fsp3) is 1.00. The van der Waals surface area contributed by atoms with Gasteiger partial charge < -0.3 is 4.74 Å². The molecule has 3 atom stereocenters. The van der Waals surface area contributed by atoms with E-state index in [0.29, 0.717) is 0 Å². The number of halogens is 8. The van der Waals surface area contributed by atoms with Crippen LogP contribution < -0.4 is 0 Å². The lowest BCUT2D eigenvalue weighted by Crippen LogP contribution is -2.36. The fourth-order valence-electron chi connectivity index (χ4n) is 0.381. The van der Waals surface area contributed by atoms with Gasteiger partial charge in [-0.3, -0.25) is 0 Å². The topological polar surface area (TPSA) is 9.23 Å². The van der Waals surface area contributed by atoms with E-state index in [-0.39, 0.29) is 0 Å². The molecule has 0 saturated heterocycles. The molecule has 0 aliphatic heterocycles. The maximum Gasteiger partial charge on any atom is 0.445 e. The molecule has 0 fully saturated rings. The van der Waals surface area contributed by atoms with Crippen molar-refractivity contribution < 1.29 is 39.9 Å². The van der Waals surface area contributed by atoms with Gasteiger partial charge in [-0.05, 0) is 0 Å². The Bertz CT molecular complexity index is 168. The first-order valence-electron chi connectivity index (χ1n) is 3.08. The minimum Gasteiger partial charge on any atom is -0.303 e. The van der Waals surface area contributed by atoms with Crippen LogP contribution in [0.2, 0.25) is 0 Å². The van der Waals surface area contributed by atoms with Gasteiger partial charge in [-0.15, -0.1) is 0 Å². The van der Waals surface area contributed by atoms with E-state index < -0.39 is 31.5 Å². The van der Waals surface area contributed by atoms with Crippen LogP contribution in [0.5, 0.6) is 0 Å². The predicted octanol–water partition coefficient (Wildman–Crippen LogP) is 2.76. The van der Waals surface area contributed by atoms with Crippen LogP contribution in [0.4, 0.5) is 35.1 Å². The molecule has 0 aromatic heterocycles. The molecule has 0 N–H and O–H groups in total. The summed E-state index contributed by atoms with van der Waals surface area (Å²) in [6.07, 6.45) is -20.9. The van der Waals surface area contributed by atoms with Crippen LogP contribution in [0.3, 0.4) is 0 Å². The molecule has 9 heteroatoms. The van der Waals surface area contributed by atoms with Gasteiger partial charge in [-0.25, -0.2) is 22.0 Å². The Morgan fingerprint density at radius 1 is 0.857 bits per heavy atom. The molecule has 0 bridgehead atoms. The summed E-state index contributed by atoms with van der Waals surface area (Å²) in [6, 6.07) is 0. The van der Waals surface area contributed by atoms with E-state index in [0.717, 1.165) is 0 Å². The van der Waals surface area contributed by atoms with E-state index in [1.807, 2.05) is 0 Å². The highest BCUT2D eigenvalue weighted by atomic mass is 19.4. The highest BCUT2D eigenvalue weighted by molar-refractivity contribution is 4.64. The molecule has 0 radical (unpaired) electrons. The molecular formula is C5H4F8O. The van der Waals surface area contributed by atoms with Crippen molar-refractivity contribution in [2.24, 2.45) is 0 Å². The number of ether oxygens (including phenoxy) is 1. The third-order valence-corrected chi connectivity index (χ3v) is 0.998. The van der Waals surface area contributed by atoms with Crippen LogP contribution in [0.15, 0.2) is 0 Å². The van der Waals surface area contributed by atoms with Gasteiger partial charge in [0.2, 0.25) is 12.5 Å². The summed E-state index contributed by atoms with van der Waals surface area (Å²) in [5, 5.41) is 0.